The maximum absolute atomic E-state index is 12.6. The van der Waals surface area contributed by atoms with Crippen molar-refractivity contribution in [2.24, 2.45) is 5.73 Å². The van der Waals surface area contributed by atoms with Crippen LogP contribution in [0.5, 0.6) is 5.75 Å². The number of carbonyl (C=O) groups is 1. The summed E-state index contributed by atoms with van der Waals surface area (Å²) < 4.78 is 5.43. The van der Waals surface area contributed by atoms with E-state index in [1.54, 1.807) is 0 Å². The van der Waals surface area contributed by atoms with Gasteiger partial charge in [-0.05, 0) is 54.8 Å². The van der Waals surface area contributed by atoms with Crippen LogP contribution < -0.4 is 15.8 Å². The third-order valence-electron chi connectivity index (χ3n) is 4.08. The molecular weight excluding hydrogens is 312 g/mol. The van der Waals surface area contributed by atoms with E-state index in [1.165, 1.54) is 0 Å². The number of amides is 1. The molecule has 1 aliphatic rings. The van der Waals surface area contributed by atoms with Gasteiger partial charge in [-0.15, -0.1) is 0 Å². The van der Waals surface area contributed by atoms with E-state index in [-0.39, 0.29) is 5.91 Å². The van der Waals surface area contributed by atoms with E-state index in [9.17, 15) is 4.79 Å². The molecular formula is C18H19ClN2O2. The van der Waals surface area contributed by atoms with Crippen LogP contribution in [0.15, 0.2) is 48.5 Å². The molecule has 0 unspecified atom stereocenters. The summed E-state index contributed by atoms with van der Waals surface area (Å²) in [6, 6.07) is 14.8. The van der Waals surface area contributed by atoms with Crippen LogP contribution >= 0.6 is 11.6 Å². The first-order valence-corrected chi connectivity index (χ1v) is 8.02. The van der Waals surface area contributed by atoms with Gasteiger partial charge in [0, 0.05) is 17.3 Å². The predicted molar refractivity (Wildman–Crippen MR) is 92.0 cm³/mol. The quantitative estimate of drug-likeness (QED) is 0.853. The summed E-state index contributed by atoms with van der Waals surface area (Å²) in [5.74, 6) is 0.766. The van der Waals surface area contributed by atoms with E-state index >= 15 is 0 Å². The van der Waals surface area contributed by atoms with Gasteiger partial charge in [-0.1, -0.05) is 23.7 Å². The molecule has 5 heteroatoms. The zero-order chi connectivity index (χ0) is 16.3. The van der Waals surface area contributed by atoms with Crippen molar-refractivity contribution < 1.29 is 9.53 Å². The third kappa shape index (κ3) is 3.49. The van der Waals surface area contributed by atoms with Crippen LogP contribution in [0, 0.1) is 0 Å². The fraction of sp³-hybridized carbons (Fsp3) is 0.278. The van der Waals surface area contributed by atoms with E-state index in [1.807, 2.05) is 48.5 Å². The standard InChI is InChI=1S/C18H19ClN2O2/c19-14-3-1-13(2-4-14)18(9-10-18)17(22)21-15-5-7-16(8-6-15)23-12-11-20/h1-8H,9-12,20H2,(H,21,22). The van der Waals surface area contributed by atoms with Crippen molar-refractivity contribution in [2.45, 2.75) is 18.3 Å². The van der Waals surface area contributed by atoms with Crippen molar-refractivity contribution in [3.05, 3.63) is 59.1 Å². The van der Waals surface area contributed by atoms with E-state index in [0.717, 1.165) is 29.8 Å². The van der Waals surface area contributed by atoms with Gasteiger partial charge in [-0.25, -0.2) is 0 Å². The van der Waals surface area contributed by atoms with Crippen LogP contribution in [0.3, 0.4) is 0 Å². The molecule has 1 amide bonds. The number of hydrogen-bond acceptors (Lipinski definition) is 3. The Kier molecular flexibility index (Phi) is 4.55. The lowest BCUT2D eigenvalue weighted by atomic mass is 9.95. The van der Waals surface area contributed by atoms with Gasteiger partial charge in [0.05, 0.1) is 5.41 Å². The summed E-state index contributed by atoms with van der Waals surface area (Å²) in [5.41, 5.74) is 6.76. The fourth-order valence-corrected chi connectivity index (χ4v) is 2.73. The lowest BCUT2D eigenvalue weighted by Crippen LogP contribution is -2.27. The SMILES string of the molecule is NCCOc1ccc(NC(=O)C2(c3ccc(Cl)cc3)CC2)cc1. The molecule has 0 saturated heterocycles. The second-order valence-electron chi connectivity index (χ2n) is 5.70. The minimum atomic E-state index is -0.417. The Hall–Kier alpha value is -2.04. The van der Waals surface area contributed by atoms with Gasteiger partial charge >= 0.3 is 0 Å². The van der Waals surface area contributed by atoms with Gasteiger partial charge in [0.25, 0.3) is 0 Å². The molecule has 1 fully saturated rings. The highest BCUT2D eigenvalue weighted by Crippen LogP contribution is 2.49. The highest BCUT2D eigenvalue weighted by molar-refractivity contribution is 6.30. The number of nitrogens with one attached hydrogen (secondary N) is 1. The Labute approximate surface area is 140 Å². The number of benzene rings is 2. The summed E-state index contributed by atoms with van der Waals surface area (Å²) in [6.07, 6.45) is 1.72. The van der Waals surface area contributed by atoms with Crippen LogP contribution in [0.2, 0.25) is 5.02 Å². The molecule has 0 spiro atoms. The Morgan fingerprint density at radius 2 is 1.78 bits per heavy atom. The van der Waals surface area contributed by atoms with Crippen LogP contribution in [-0.4, -0.2) is 19.1 Å². The van der Waals surface area contributed by atoms with Crippen molar-refractivity contribution in [2.75, 3.05) is 18.5 Å². The van der Waals surface area contributed by atoms with Gasteiger partial charge < -0.3 is 15.8 Å². The number of anilines is 1. The zero-order valence-electron chi connectivity index (χ0n) is 12.7. The maximum atomic E-state index is 12.6. The lowest BCUT2D eigenvalue weighted by Gasteiger charge is -2.16. The molecule has 2 aromatic carbocycles. The highest BCUT2D eigenvalue weighted by atomic mass is 35.5. The van der Waals surface area contributed by atoms with Crippen LogP contribution in [0.1, 0.15) is 18.4 Å². The molecule has 1 saturated carbocycles. The van der Waals surface area contributed by atoms with E-state index in [0.29, 0.717) is 18.2 Å². The number of nitrogens with two attached hydrogens (primary N) is 1. The van der Waals surface area contributed by atoms with Gasteiger partial charge in [0.2, 0.25) is 5.91 Å². The first-order valence-electron chi connectivity index (χ1n) is 7.64. The second kappa shape index (κ2) is 6.60. The van der Waals surface area contributed by atoms with E-state index in [2.05, 4.69) is 5.32 Å². The Morgan fingerprint density at radius 3 is 2.35 bits per heavy atom. The lowest BCUT2D eigenvalue weighted by molar-refractivity contribution is -0.118. The van der Waals surface area contributed by atoms with Gasteiger partial charge in [0.15, 0.2) is 0 Å². The van der Waals surface area contributed by atoms with Crippen molar-refractivity contribution in [1.29, 1.82) is 0 Å². The van der Waals surface area contributed by atoms with Crippen molar-refractivity contribution in [1.82, 2.24) is 0 Å². The van der Waals surface area contributed by atoms with Gasteiger partial charge in [-0.3, -0.25) is 4.79 Å². The summed E-state index contributed by atoms with van der Waals surface area (Å²) in [5, 5.41) is 3.67. The molecule has 0 heterocycles. The highest BCUT2D eigenvalue weighted by Gasteiger charge is 2.51. The van der Waals surface area contributed by atoms with Crippen LogP contribution in [0.4, 0.5) is 5.69 Å². The number of ether oxygens (including phenoxy) is 1. The number of rotatable bonds is 6. The van der Waals surface area contributed by atoms with E-state index < -0.39 is 5.41 Å². The molecule has 120 valence electrons. The molecule has 0 radical (unpaired) electrons. The van der Waals surface area contributed by atoms with Crippen molar-refractivity contribution in [3.63, 3.8) is 0 Å². The summed E-state index contributed by atoms with van der Waals surface area (Å²) in [7, 11) is 0. The van der Waals surface area contributed by atoms with Crippen molar-refractivity contribution >= 4 is 23.2 Å². The first kappa shape index (κ1) is 15.8. The topological polar surface area (TPSA) is 64.3 Å². The molecule has 3 N–H and O–H groups in total. The van der Waals surface area contributed by atoms with Gasteiger partial charge in [-0.2, -0.15) is 0 Å². The Morgan fingerprint density at radius 1 is 1.13 bits per heavy atom. The fourth-order valence-electron chi connectivity index (χ4n) is 2.60. The molecule has 0 atom stereocenters. The Bertz CT molecular complexity index is 679. The molecule has 4 nitrogen and oxygen atoms in total. The third-order valence-corrected chi connectivity index (χ3v) is 4.33. The predicted octanol–water partition coefficient (Wildman–Crippen LogP) is 3.35. The average Bonchev–Trinajstić information content (AvgIpc) is 3.37. The number of hydrogen-bond donors (Lipinski definition) is 2. The first-order chi connectivity index (χ1) is 11.1. The molecule has 0 bridgehead atoms. The zero-order valence-corrected chi connectivity index (χ0v) is 13.5. The van der Waals surface area contributed by atoms with Crippen molar-refractivity contribution in [3.8, 4) is 5.75 Å². The minimum absolute atomic E-state index is 0.0236. The van der Waals surface area contributed by atoms with E-state index in [4.69, 9.17) is 22.1 Å². The maximum Gasteiger partial charge on any atom is 0.235 e. The number of halogens is 1. The monoisotopic (exact) mass is 330 g/mol. The molecule has 0 aliphatic heterocycles. The van der Waals surface area contributed by atoms with Gasteiger partial charge in [0.1, 0.15) is 12.4 Å². The minimum Gasteiger partial charge on any atom is -0.492 e. The molecule has 23 heavy (non-hydrogen) atoms. The van der Waals surface area contributed by atoms with Crippen LogP contribution in [0.25, 0.3) is 0 Å². The summed E-state index contributed by atoms with van der Waals surface area (Å²) in [6.45, 7) is 0.952. The summed E-state index contributed by atoms with van der Waals surface area (Å²) in [4.78, 5) is 12.6. The van der Waals surface area contributed by atoms with Crippen LogP contribution in [-0.2, 0) is 10.2 Å². The average molecular weight is 331 g/mol. The molecule has 0 aromatic heterocycles. The Balaban J connectivity index is 1.68. The largest absolute Gasteiger partial charge is 0.492 e. The molecule has 1 aliphatic carbocycles. The normalized spacial score (nSPS) is 15.0. The molecule has 2 aromatic rings. The smallest absolute Gasteiger partial charge is 0.235 e. The summed E-state index contributed by atoms with van der Waals surface area (Å²) >= 11 is 5.92. The second-order valence-corrected chi connectivity index (χ2v) is 6.14. The molecule has 3 rings (SSSR count). The number of carbonyl (C=O) groups excluding carboxylic acids is 1.